The molecule has 0 radical (unpaired) electrons. The molecule has 0 aliphatic rings. The minimum atomic E-state index is -3.62. The fraction of sp³-hybridized carbons (Fsp3) is 0.300. The molecule has 2 aromatic rings. The minimum absolute atomic E-state index is 0.172. The number of rotatable bonds is 8. The molecule has 0 fully saturated rings. The molecule has 0 heterocycles. The Balaban J connectivity index is 2.14. The van der Waals surface area contributed by atoms with Gasteiger partial charge in [-0.3, -0.25) is 9.59 Å². The van der Waals surface area contributed by atoms with E-state index in [-0.39, 0.29) is 23.5 Å². The Morgan fingerprint density at radius 2 is 1.61 bits per heavy atom. The number of carbonyl (C=O) groups excluding carboxylic acids is 2. The first-order valence-corrected chi connectivity index (χ1v) is 10.6. The van der Waals surface area contributed by atoms with Crippen LogP contribution >= 0.6 is 0 Å². The topological polar surface area (TPSA) is 118 Å². The monoisotopic (exact) mass is 403 g/mol. The van der Waals surface area contributed by atoms with E-state index < -0.39 is 16.1 Å². The maximum absolute atomic E-state index is 12.8. The van der Waals surface area contributed by atoms with Crippen LogP contribution in [0.3, 0.4) is 0 Å². The normalized spacial score (nSPS) is 12.4. The molecule has 150 valence electrons. The average Bonchev–Trinajstić information content (AvgIpc) is 2.60. The second-order valence-electron chi connectivity index (χ2n) is 7.00. The third-order valence-electron chi connectivity index (χ3n) is 3.88. The zero-order valence-corrected chi connectivity index (χ0v) is 16.7. The first kappa shape index (κ1) is 21.6. The number of primary sulfonamides is 1. The maximum Gasteiger partial charge on any atom is 0.251 e. The highest BCUT2D eigenvalue weighted by Gasteiger charge is 2.23. The lowest BCUT2D eigenvalue weighted by Gasteiger charge is -2.19. The van der Waals surface area contributed by atoms with Crippen LogP contribution in [-0.4, -0.2) is 20.2 Å². The molecule has 0 bridgehead atoms. The van der Waals surface area contributed by atoms with Gasteiger partial charge in [0.25, 0.3) is 5.91 Å². The molecule has 1 unspecified atom stereocenters. The number of nitrogens with two attached hydrogens (primary N) is 1. The summed E-state index contributed by atoms with van der Waals surface area (Å²) in [6.45, 7) is 3.86. The van der Waals surface area contributed by atoms with E-state index in [1.54, 1.807) is 48.5 Å². The molecule has 0 aliphatic heterocycles. The Labute approximate surface area is 165 Å². The van der Waals surface area contributed by atoms with E-state index in [0.717, 1.165) is 0 Å². The van der Waals surface area contributed by atoms with E-state index in [0.29, 0.717) is 23.2 Å². The van der Waals surface area contributed by atoms with Crippen LogP contribution < -0.4 is 15.8 Å². The molecule has 0 spiro atoms. The molecule has 28 heavy (non-hydrogen) atoms. The number of carbonyl (C=O) groups is 2. The van der Waals surface area contributed by atoms with Crippen LogP contribution in [0.1, 0.15) is 37.4 Å². The first-order chi connectivity index (χ1) is 13.1. The largest absolute Gasteiger partial charge is 0.341 e. The summed E-state index contributed by atoms with van der Waals surface area (Å²) in [5.41, 5.74) is 1.68. The Hall–Kier alpha value is -2.71. The molecule has 1 atom stereocenters. The van der Waals surface area contributed by atoms with Crippen molar-refractivity contribution in [3.8, 4) is 0 Å². The smallest absolute Gasteiger partial charge is 0.251 e. The van der Waals surface area contributed by atoms with Crippen molar-refractivity contribution in [2.45, 2.75) is 32.1 Å². The molecule has 2 rings (SSSR count). The third kappa shape index (κ3) is 7.13. The van der Waals surface area contributed by atoms with Crippen LogP contribution in [-0.2, 0) is 25.4 Å². The summed E-state index contributed by atoms with van der Waals surface area (Å²) < 4.78 is 22.3. The summed E-state index contributed by atoms with van der Waals surface area (Å²) in [6, 6.07) is 14.5. The zero-order valence-electron chi connectivity index (χ0n) is 15.9. The zero-order chi connectivity index (χ0) is 20.7. The molecule has 2 aromatic carbocycles. The molecule has 2 amide bonds. The molecular formula is C20H25N3O4S. The van der Waals surface area contributed by atoms with Crippen molar-refractivity contribution in [2.75, 3.05) is 5.32 Å². The molecule has 8 heteroatoms. The standard InChI is InChI=1S/C20H25N3O4S/c1-14(2)12-18(24)23-19(16-6-4-3-5-7-16)20(25)22-17-10-8-15(9-11-17)13-28(21,26)27/h3-11,14,19H,12-13H2,1-2H3,(H,22,25)(H,23,24)(H2,21,26,27). The van der Waals surface area contributed by atoms with Crippen LogP contribution in [0.2, 0.25) is 0 Å². The minimum Gasteiger partial charge on any atom is -0.341 e. The van der Waals surface area contributed by atoms with Gasteiger partial charge in [0.2, 0.25) is 15.9 Å². The predicted molar refractivity (Wildman–Crippen MR) is 109 cm³/mol. The molecule has 0 saturated heterocycles. The van der Waals surface area contributed by atoms with Crippen molar-refractivity contribution >= 4 is 27.5 Å². The highest BCUT2D eigenvalue weighted by Crippen LogP contribution is 2.18. The fourth-order valence-electron chi connectivity index (χ4n) is 2.67. The molecule has 7 nitrogen and oxygen atoms in total. The summed E-state index contributed by atoms with van der Waals surface area (Å²) in [4.78, 5) is 25.0. The van der Waals surface area contributed by atoms with Gasteiger partial charge in [-0.25, -0.2) is 13.6 Å². The van der Waals surface area contributed by atoms with Crippen molar-refractivity contribution in [3.63, 3.8) is 0 Å². The summed E-state index contributed by atoms with van der Waals surface area (Å²) in [7, 11) is -3.62. The highest BCUT2D eigenvalue weighted by molar-refractivity contribution is 7.88. The van der Waals surface area contributed by atoms with E-state index in [4.69, 9.17) is 5.14 Å². The second kappa shape index (κ2) is 9.48. The molecule has 0 aliphatic carbocycles. The summed E-state index contributed by atoms with van der Waals surface area (Å²) in [6.07, 6.45) is 0.318. The number of hydrogen-bond donors (Lipinski definition) is 3. The summed E-state index contributed by atoms with van der Waals surface area (Å²) in [5, 5.41) is 10.6. The van der Waals surface area contributed by atoms with Crippen LogP contribution in [0.25, 0.3) is 0 Å². The van der Waals surface area contributed by atoms with Crippen LogP contribution in [0.15, 0.2) is 54.6 Å². The van der Waals surface area contributed by atoms with Gasteiger partial charge in [-0.1, -0.05) is 56.3 Å². The molecule has 4 N–H and O–H groups in total. The number of nitrogens with one attached hydrogen (secondary N) is 2. The van der Waals surface area contributed by atoms with Gasteiger partial charge in [0.15, 0.2) is 0 Å². The van der Waals surface area contributed by atoms with Crippen LogP contribution in [0.5, 0.6) is 0 Å². The fourth-order valence-corrected chi connectivity index (χ4v) is 3.32. The number of amides is 2. The van der Waals surface area contributed by atoms with Gasteiger partial charge in [-0.15, -0.1) is 0 Å². The lowest BCUT2D eigenvalue weighted by molar-refractivity contribution is -0.127. The quantitative estimate of drug-likeness (QED) is 0.627. The number of benzene rings is 2. The Morgan fingerprint density at radius 3 is 2.14 bits per heavy atom. The average molecular weight is 404 g/mol. The number of sulfonamides is 1. The third-order valence-corrected chi connectivity index (χ3v) is 4.62. The highest BCUT2D eigenvalue weighted by atomic mass is 32.2. The Kier molecular flexibility index (Phi) is 7.31. The Morgan fingerprint density at radius 1 is 1.00 bits per heavy atom. The second-order valence-corrected chi connectivity index (χ2v) is 8.62. The van der Waals surface area contributed by atoms with Crippen LogP contribution in [0.4, 0.5) is 5.69 Å². The Bertz CT molecular complexity index is 910. The van der Waals surface area contributed by atoms with Gasteiger partial charge < -0.3 is 10.6 Å². The van der Waals surface area contributed by atoms with E-state index in [2.05, 4.69) is 10.6 Å². The molecule has 0 aromatic heterocycles. The lowest BCUT2D eigenvalue weighted by atomic mass is 10.0. The number of anilines is 1. The van der Waals surface area contributed by atoms with E-state index in [1.165, 1.54) is 0 Å². The number of hydrogen-bond acceptors (Lipinski definition) is 4. The summed E-state index contributed by atoms with van der Waals surface area (Å²) in [5.74, 6) is -0.699. The van der Waals surface area contributed by atoms with E-state index in [1.807, 2.05) is 19.9 Å². The van der Waals surface area contributed by atoms with Gasteiger partial charge in [-0.2, -0.15) is 0 Å². The van der Waals surface area contributed by atoms with Crippen molar-refractivity contribution in [3.05, 3.63) is 65.7 Å². The van der Waals surface area contributed by atoms with E-state index >= 15 is 0 Å². The van der Waals surface area contributed by atoms with Crippen molar-refractivity contribution < 1.29 is 18.0 Å². The van der Waals surface area contributed by atoms with Gasteiger partial charge in [0, 0.05) is 12.1 Å². The van der Waals surface area contributed by atoms with Gasteiger partial charge >= 0.3 is 0 Å². The molecular weight excluding hydrogens is 378 g/mol. The lowest BCUT2D eigenvalue weighted by Crippen LogP contribution is -2.37. The van der Waals surface area contributed by atoms with Gasteiger partial charge in [0.1, 0.15) is 6.04 Å². The van der Waals surface area contributed by atoms with Gasteiger partial charge in [0.05, 0.1) is 5.75 Å². The molecule has 0 saturated carbocycles. The predicted octanol–water partition coefficient (Wildman–Crippen LogP) is 2.32. The summed E-state index contributed by atoms with van der Waals surface area (Å²) >= 11 is 0. The SMILES string of the molecule is CC(C)CC(=O)NC(C(=O)Nc1ccc(CS(N)(=O)=O)cc1)c1ccccc1. The maximum atomic E-state index is 12.8. The van der Waals surface area contributed by atoms with E-state index in [9.17, 15) is 18.0 Å². The van der Waals surface area contributed by atoms with Gasteiger partial charge in [-0.05, 0) is 29.2 Å². The first-order valence-electron chi connectivity index (χ1n) is 8.88. The van der Waals surface area contributed by atoms with Crippen molar-refractivity contribution in [2.24, 2.45) is 11.1 Å². The van der Waals surface area contributed by atoms with Crippen molar-refractivity contribution in [1.82, 2.24) is 5.32 Å². The van der Waals surface area contributed by atoms with Crippen LogP contribution in [0, 0.1) is 5.92 Å². The van der Waals surface area contributed by atoms with Crippen molar-refractivity contribution in [1.29, 1.82) is 0 Å².